The summed E-state index contributed by atoms with van der Waals surface area (Å²) in [4.78, 5) is 11.8. The Hall–Kier alpha value is -2.56. The molecule has 0 aliphatic heterocycles. The van der Waals surface area contributed by atoms with Crippen molar-refractivity contribution in [3.8, 4) is 0 Å². The van der Waals surface area contributed by atoms with Crippen molar-refractivity contribution < 1.29 is 4.79 Å². The highest BCUT2D eigenvalue weighted by molar-refractivity contribution is 6.01. The standard InChI is InChI=1S/C15H18N4O/c1-11(2)19-10-14(9-17-19)18-15(20)8-5-12-3-6-13(16)7-4-12/h3-11H,16H2,1-2H3,(H,18,20)/b8-5+. The number of nitrogens with one attached hydrogen (secondary N) is 1. The van der Waals surface area contributed by atoms with Gasteiger partial charge in [0.25, 0.3) is 0 Å². The number of amides is 1. The van der Waals surface area contributed by atoms with Crippen LogP contribution in [-0.4, -0.2) is 15.7 Å². The van der Waals surface area contributed by atoms with E-state index in [1.165, 1.54) is 6.08 Å². The lowest BCUT2D eigenvalue weighted by Gasteiger charge is -2.03. The predicted octanol–water partition coefficient (Wildman–Crippen LogP) is 2.70. The SMILES string of the molecule is CC(C)n1cc(NC(=O)/C=C/c2ccc(N)cc2)cn1. The Balaban J connectivity index is 1.96. The molecule has 0 atom stereocenters. The highest BCUT2D eigenvalue weighted by Gasteiger charge is 2.03. The van der Waals surface area contributed by atoms with Crippen LogP contribution in [0.1, 0.15) is 25.5 Å². The number of anilines is 2. The average molecular weight is 270 g/mol. The minimum Gasteiger partial charge on any atom is -0.399 e. The number of carbonyl (C=O) groups is 1. The largest absolute Gasteiger partial charge is 0.399 e. The van der Waals surface area contributed by atoms with Crippen LogP contribution < -0.4 is 11.1 Å². The Kier molecular flexibility index (Phi) is 4.20. The Morgan fingerprint density at radius 1 is 1.35 bits per heavy atom. The molecule has 1 heterocycles. The third kappa shape index (κ3) is 3.71. The molecule has 0 radical (unpaired) electrons. The van der Waals surface area contributed by atoms with E-state index in [1.807, 2.05) is 26.0 Å². The number of rotatable bonds is 4. The topological polar surface area (TPSA) is 72.9 Å². The van der Waals surface area contributed by atoms with Gasteiger partial charge in [0.1, 0.15) is 0 Å². The molecular weight excluding hydrogens is 252 g/mol. The minimum absolute atomic E-state index is 0.190. The van der Waals surface area contributed by atoms with Crippen molar-refractivity contribution in [2.75, 3.05) is 11.1 Å². The van der Waals surface area contributed by atoms with Crippen molar-refractivity contribution in [2.45, 2.75) is 19.9 Å². The van der Waals surface area contributed by atoms with Gasteiger partial charge in [0.15, 0.2) is 0 Å². The Bertz CT molecular complexity index is 611. The van der Waals surface area contributed by atoms with Gasteiger partial charge in [-0.15, -0.1) is 0 Å². The van der Waals surface area contributed by atoms with E-state index < -0.39 is 0 Å². The van der Waals surface area contributed by atoms with E-state index >= 15 is 0 Å². The number of hydrogen-bond donors (Lipinski definition) is 2. The molecule has 0 aliphatic carbocycles. The summed E-state index contributed by atoms with van der Waals surface area (Å²) in [5, 5.41) is 6.93. The van der Waals surface area contributed by atoms with Gasteiger partial charge in [-0.05, 0) is 37.6 Å². The van der Waals surface area contributed by atoms with Crippen molar-refractivity contribution in [3.05, 3.63) is 48.3 Å². The van der Waals surface area contributed by atoms with Crippen molar-refractivity contribution >= 4 is 23.4 Å². The summed E-state index contributed by atoms with van der Waals surface area (Å²) < 4.78 is 1.79. The highest BCUT2D eigenvalue weighted by atomic mass is 16.1. The van der Waals surface area contributed by atoms with Crippen molar-refractivity contribution in [3.63, 3.8) is 0 Å². The Labute approximate surface area is 118 Å². The van der Waals surface area contributed by atoms with E-state index in [0.717, 1.165) is 5.56 Å². The van der Waals surface area contributed by atoms with Gasteiger partial charge in [-0.2, -0.15) is 5.10 Å². The zero-order valence-corrected chi connectivity index (χ0v) is 11.6. The molecular formula is C15H18N4O. The van der Waals surface area contributed by atoms with Gasteiger partial charge >= 0.3 is 0 Å². The van der Waals surface area contributed by atoms with Crippen LogP contribution in [0.3, 0.4) is 0 Å². The second-order valence-electron chi connectivity index (χ2n) is 4.79. The summed E-state index contributed by atoms with van der Waals surface area (Å²) in [5.41, 5.74) is 7.91. The number of nitrogen functional groups attached to an aromatic ring is 1. The second-order valence-corrected chi connectivity index (χ2v) is 4.79. The van der Waals surface area contributed by atoms with E-state index in [0.29, 0.717) is 11.4 Å². The third-order valence-corrected chi connectivity index (χ3v) is 2.76. The molecule has 0 spiro atoms. The lowest BCUT2D eigenvalue weighted by Crippen LogP contribution is -2.07. The lowest BCUT2D eigenvalue weighted by molar-refractivity contribution is -0.111. The smallest absolute Gasteiger partial charge is 0.248 e. The van der Waals surface area contributed by atoms with Crippen LogP contribution >= 0.6 is 0 Å². The monoisotopic (exact) mass is 270 g/mol. The van der Waals surface area contributed by atoms with E-state index in [2.05, 4.69) is 10.4 Å². The maximum Gasteiger partial charge on any atom is 0.248 e. The average Bonchev–Trinajstić information content (AvgIpc) is 2.87. The van der Waals surface area contributed by atoms with Gasteiger partial charge < -0.3 is 11.1 Å². The minimum atomic E-state index is -0.190. The molecule has 3 N–H and O–H groups in total. The van der Waals surface area contributed by atoms with Gasteiger partial charge in [0.2, 0.25) is 5.91 Å². The molecule has 0 unspecified atom stereocenters. The normalized spacial score (nSPS) is 11.2. The molecule has 1 aromatic carbocycles. The maximum atomic E-state index is 11.8. The first kappa shape index (κ1) is 13.9. The zero-order chi connectivity index (χ0) is 14.5. The molecule has 1 amide bonds. The number of hydrogen-bond acceptors (Lipinski definition) is 3. The quantitative estimate of drug-likeness (QED) is 0.662. The number of benzene rings is 1. The Morgan fingerprint density at radius 2 is 2.05 bits per heavy atom. The lowest BCUT2D eigenvalue weighted by atomic mass is 10.2. The van der Waals surface area contributed by atoms with Gasteiger partial charge in [-0.25, -0.2) is 0 Å². The zero-order valence-electron chi connectivity index (χ0n) is 11.6. The van der Waals surface area contributed by atoms with Crippen LogP contribution in [0.4, 0.5) is 11.4 Å². The van der Waals surface area contributed by atoms with Gasteiger partial charge in [0.05, 0.1) is 11.9 Å². The molecule has 1 aromatic heterocycles. The summed E-state index contributed by atoms with van der Waals surface area (Å²) in [7, 11) is 0. The van der Waals surface area contributed by atoms with E-state index in [4.69, 9.17) is 5.73 Å². The molecule has 2 rings (SSSR count). The summed E-state index contributed by atoms with van der Waals surface area (Å²) >= 11 is 0. The fourth-order valence-electron chi connectivity index (χ4n) is 1.65. The molecule has 20 heavy (non-hydrogen) atoms. The number of nitrogens with two attached hydrogens (primary N) is 1. The van der Waals surface area contributed by atoms with Gasteiger partial charge in [-0.1, -0.05) is 12.1 Å². The molecule has 0 aliphatic rings. The molecule has 0 saturated carbocycles. The van der Waals surface area contributed by atoms with Crippen LogP contribution in [0.15, 0.2) is 42.7 Å². The fourth-order valence-corrected chi connectivity index (χ4v) is 1.65. The number of aromatic nitrogens is 2. The number of nitrogens with zero attached hydrogens (tertiary/aromatic N) is 2. The first-order chi connectivity index (χ1) is 9.54. The van der Waals surface area contributed by atoms with E-state index in [9.17, 15) is 4.79 Å². The predicted molar refractivity (Wildman–Crippen MR) is 81.1 cm³/mol. The fraction of sp³-hybridized carbons (Fsp3) is 0.200. The maximum absolute atomic E-state index is 11.8. The molecule has 0 fully saturated rings. The van der Waals surface area contributed by atoms with Crippen molar-refractivity contribution in [1.82, 2.24) is 9.78 Å². The van der Waals surface area contributed by atoms with Crippen LogP contribution in [0.25, 0.3) is 6.08 Å². The van der Waals surface area contributed by atoms with Crippen LogP contribution in [0, 0.1) is 0 Å². The summed E-state index contributed by atoms with van der Waals surface area (Å²) in [6, 6.07) is 7.58. The molecule has 5 heteroatoms. The summed E-state index contributed by atoms with van der Waals surface area (Å²) in [6.07, 6.45) is 6.66. The molecule has 0 saturated heterocycles. The van der Waals surface area contributed by atoms with Crippen LogP contribution in [0.5, 0.6) is 0 Å². The van der Waals surface area contributed by atoms with Crippen LogP contribution in [-0.2, 0) is 4.79 Å². The third-order valence-electron chi connectivity index (χ3n) is 2.76. The van der Waals surface area contributed by atoms with Gasteiger partial charge in [0, 0.05) is 24.0 Å². The van der Waals surface area contributed by atoms with Crippen molar-refractivity contribution in [2.24, 2.45) is 0 Å². The van der Waals surface area contributed by atoms with Crippen LogP contribution in [0.2, 0.25) is 0 Å². The van der Waals surface area contributed by atoms with E-state index in [1.54, 1.807) is 35.3 Å². The first-order valence-electron chi connectivity index (χ1n) is 6.43. The van der Waals surface area contributed by atoms with Crippen molar-refractivity contribution in [1.29, 1.82) is 0 Å². The van der Waals surface area contributed by atoms with E-state index in [-0.39, 0.29) is 11.9 Å². The van der Waals surface area contributed by atoms with Gasteiger partial charge in [-0.3, -0.25) is 9.48 Å². The first-order valence-corrected chi connectivity index (χ1v) is 6.43. The Morgan fingerprint density at radius 3 is 2.65 bits per heavy atom. The molecule has 104 valence electrons. The summed E-state index contributed by atoms with van der Waals surface area (Å²) in [5.74, 6) is -0.190. The number of carbonyl (C=O) groups excluding carboxylic acids is 1. The second kappa shape index (κ2) is 6.06. The molecule has 5 nitrogen and oxygen atoms in total. The highest BCUT2D eigenvalue weighted by Crippen LogP contribution is 2.10. The molecule has 2 aromatic rings. The summed E-state index contributed by atoms with van der Waals surface area (Å²) in [6.45, 7) is 4.05. The molecule has 0 bridgehead atoms.